The minimum atomic E-state index is 0.409. The molecule has 150 valence electrons. The Labute approximate surface area is 168 Å². The van der Waals surface area contributed by atoms with Gasteiger partial charge in [-0.1, -0.05) is 31.2 Å². The molecule has 2 heterocycles. The first kappa shape index (κ1) is 18.9. The van der Waals surface area contributed by atoms with E-state index < -0.39 is 0 Å². The van der Waals surface area contributed by atoms with E-state index in [-0.39, 0.29) is 0 Å². The molecular weight excluding hydrogens is 350 g/mol. The van der Waals surface area contributed by atoms with Gasteiger partial charge in [-0.2, -0.15) is 0 Å². The van der Waals surface area contributed by atoms with Crippen LogP contribution < -0.4 is 25.0 Å². The van der Waals surface area contributed by atoms with Crippen molar-refractivity contribution in [2.24, 2.45) is 5.92 Å². The molecule has 2 N–H and O–H groups in total. The largest absolute Gasteiger partial charge is 0.495 e. The van der Waals surface area contributed by atoms with Gasteiger partial charge in [0.15, 0.2) is 0 Å². The number of rotatable bonds is 5. The van der Waals surface area contributed by atoms with Crippen molar-refractivity contribution in [3.8, 4) is 11.5 Å². The molecule has 0 bridgehead atoms. The number of hydrogen-bond donors (Lipinski definition) is 2. The van der Waals surface area contributed by atoms with Crippen LogP contribution in [-0.2, 0) is 0 Å². The van der Waals surface area contributed by atoms with Gasteiger partial charge in [-0.3, -0.25) is 0 Å². The minimum absolute atomic E-state index is 0.409. The molecule has 4 rings (SSSR count). The van der Waals surface area contributed by atoms with Crippen molar-refractivity contribution in [3.05, 3.63) is 48.0 Å². The Balaban J connectivity index is 1.66. The van der Waals surface area contributed by atoms with E-state index in [4.69, 9.17) is 9.47 Å². The Morgan fingerprint density at radius 2 is 1.79 bits per heavy atom. The zero-order chi connectivity index (χ0) is 19.5. The van der Waals surface area contributed by atoms with Crippen molar-refractivity contribution in [2.45, 2.75) is 25.3 Å². The lowest BCUT2D eigenvalue weighted by molar-refractivity contribution is 0.310. The van der Waals surface area contributed by atoms with E-state index in [1.807, 2.05) is 12.1 Å². The predicted molar refractivity (Wildman–Crippen MR) is 115 cm³/mol. The number of nitrogens with zero attached hydrogens (tertiary/aromatic N) is 1. The SMILES string of the molecule is COc1ccccc1N1CCNCC1C(C)C1CCNc2c(OC)cccc21. The lowest BCUT2D eigenvalue weighted by atomic mass is 9.77. The maximum Gasteiger partial charge on any atom is 0.142 e. The second-order valence-electron chi connectivity index (χ2n) is 7.74. The topological polar surface area (TPSA) is 45.8 Å². The second kappa shape index (κ2) is 8.31. The third-order valence-electron chi connectivity index (χ3n) is 6.35. The molecule has 2 aliphatic heterocycles. The summed E-state index contributed by atoms with van der Waals surface area (Å²) in [4.78, 5) is 2.54. The summed E-state index contributed by atoms with van der Waals surface area (Å²) in [6.45, 7) is 6.36. The monoisotopic (exact) mass is 381 g/mol. The van der Waals surface area contributed by atoms with Crippen LogP contribution in [0.1, 0.15) is 24.8 Å². The van der Waals surface area contributed by atoms with Crippen molar-refractivity contribution in [3.63, 3.8) is 0 Å². The molecule has 2 aromatic carbocycles. The van der Waals surface area contributed by atoms with Crippen LogP contribution in [0.15, 0.2) is 42.5 Å². The van der Waals surface area contributed by atoms with Crippen LogP contribution in [0, 0.1) is 5.92 Å². The second-order valence-corrected chi connectivity index (χ2v) is 7.74. The molecule has 28 heavy (non-hydrogen) atoms. The van der Waals surface area contributed by atoms with Crippen molar-refractivity contribution in [1.29, 1.82) is 0 Å². The first-order valence-electron chi connectivity index (χ1n) is 10.3. The average molecular weight is 382 g/mol. The zero-order valence-electron chi connectivity index (χ0n) is 17.1. The summed E-state index contributed by atoms with van der Waals surface area (Å²) < 4.78 is 11.3. The Kier molecular flexibility index (Phi) is 5.62. The van der Waals surface area contributed by atoms with Crippen LogP contribution in [0.4, 0.5) is 11.4 Å². The van der Waals surface area contributed by atoms with Crippen molar-refractivity contribution in [2.75, 3.05) is 50.6 Å². The highest BCUT2D eigenvalue weighted by Gasteiger charge is 2.36. The highest BCUT2D eigenvalue weighted by molar-refractivity contribution is 5.65. The molecule has 5 heteroatoms. The maximum absolute atomic E-state index is 5.67. The third kappa shape index (κ3) is 3.39. The van der Waals surface area contributed by atoms with Crippen molar-refractivity contribution < 1.29 is 9.47 Å². The number of anilines is 2. The summed E-state index contributed by atoms with van der Waals surface area (Å²) in [7, 11) is 3.51. The van der Waals surface area contributed by atoms with E-state index in [1.54, 1.807) is 14.2 Å². The van der Waals surface area contributed by atoms with Gasteiger partial charge in [0.2, 0.25) is 0 Å². The summed E-state index contributed by atoms with van der Waals surface area (Å²) in [5, 5.41) is 7.17. The maximum atomic E-state index is 5.67. The summed E-state index contributed by atoms with van der Waals surface area (Å²) in [5.41, 5.74) is 3.74. The van der Waals surface area contributed by atoms with Gasteiger partial charge in [0.05, 0.1) is 25.6 Å². The van der Waals surface area contributed by atoms with E-state index >= 15 is 0 Å². The molecule has 0 amide bonds. The summed E-state index contributed by atoms with van der Waals surface area (Å²) in [6.07, 6.45) is 1.14. The molecule has 2 aliphatic rings. The molecule has 5 nitrogen and oxygen atoms in total. The molecule has 2 aromatic rings. The van der Waals surface area contributed by atoms with Gasteiger partial charge in [-0.15, -0.1) is 0 Å². The number of hydrogen-bond acceptors (Lipinski definition) is 5. The fourth-order valence-corrected chi connectivity index (χ4v) is 4.90. The number of methoxy groups -OCH3 is 2. The summed E-state index contributed by atoms with van der Waals surface area (Å²) in [6, 6.07) is 15.2. The number of benzene rings is 2. The van der Waals surface area contributed by atoms with Crippen LogP contribution in [0.3, 0.4) is 0 Å². The molecule has 3 unspecified atom stereocenters. The fourth-order valence-electron chi connectivity index (χ4n) is 4.90. The standard InChI is InChI=1S/C23H31N3O2/c1-16(17-11-12-25-23-18(17)7-6-10-22(23)28-3)20-15-24-13-14-26(20)19-8-4-5-9-21(19)27-2/h4-10,16-17,20,24-25H,11-15H2,1-3H3. The third-order valence-corrected chi connectivity index (χ3v) is 6.35. The van der Waals surface area contributed by atoms with E-state index in [1.165, 1.54) is 16.9 Å². The number of piperazine rings is 1. The Hall–Kier alpha value is -2.40. The lowest BCUT2D eigenvalue weighted by Gasteiger charge is -2.45. The quantitative estimate of drug-likeness (QED) is 0.827. The molecule has 0 radical (unpaired) electrons. The molecule has 0 aromatic heterocycles. The zero-order valence-corrected chi connectivity index (χ0v) is 17.1. The van der Waals surface area contributed by atoms with E-state index in [9.17, 15) is 0 Å². The Morgan fingerprint density at radius 3 is 2.61 bits per heavy atom. The molecular formula is C23H31N3O2. The fraction of sp³-hybridized carbons (Fsp3) is 0.478. The van der Waals surface area contributed by atoms with Crippen molar-refractivity contribution >= 4 is 11.4 Å². The van der Waals surface area contributed by atoms with Gasteiger partial charge in [0.25, 0.3) is 0 Å². The molecule has 1 fully saturated rings. The lowest BCUT2D eigenvalue weighted by Crippen LogP contribution is -2.55. The number of nitrogens with one attached hydrogen (secondary N) is 2. The first-order chi connectivity index (χ1) is 13.7. The van der Waals surface area contributed by atoms with E-state index in [0.29, 0.717) is 17.9 Å². The first-order valence-corrected chi connectivity index (χ1v) is 10.3. The van der Waals surface area contributed by atoms with Gasteiger partial charge in [0, 0.05) is 32.2 Å². The van der Waals surface area contributed by atoms with Crippen LogP contribution in [-0.4, -0.2) is 46.4 Å². The Morgan fingerprint density at radius 1 is 1.00 bits per heavy atom. The minimum Gasteiger partial charge on any atom is -0.495 e. The number of fused-ring (bicyclic) bond motifs is 1. The predicted octanol–water partition coefficient (Wildman–Crippen LogP) is 3.72. The average Bonchev–Trinajstić information content (AvgIpc) is 2.77. The molecule has 0 spiro atoms. The molecule has 0 aliphatic carbocycles. The van der Waals surface area contributed by atoms with Gasteiger partial charge >= 0.3 is 0 Å². The van der Waals surface area contributed by atoms with Crippen LogP contribution in [0.2, 0.25) is 0 Å². The summed E-state index contributed by atoms with van der Waals surface area (Å²) in [5.74, 6) is 2.88. The van der Waals surface area contributed by atoms with Gasteiger partial charge < -0.3 is 25.0 Å². The smallest absolute Gasteiger partial charge is 0.142 e. The Bertz CT molecular complexity index is 810. The van der Waals surface area contributed by atoms with Gasteiger partial charge in [-0.05, 0) is 42.0 Å². The highest BCUT2D eigenvalue weighted by Crippen LogP contribution is 2.44. The number of para-hydroxylation sites is 3. The number of ether oxygens (including phenoxy) is 2. The molecule has 3 atom stereocenters. The van der Waals surface area contributed by atoms with Crippen LogP contribution in [0.25, 0.3) is 0 Å². The normalized spacial score (nSPS) is 22.8. The van der Waals surface area contributed by atoms with Crippen LogP contribution >= 0.6 is 0 Å². The van der Waals surface area contributed by atoms with E-state index in [2.05, 4.69) is 52.8 Å². The van der Waals surface area contributed by atoms with E-state index in [0.717, 1.165) is 44.1 Å². The molecule has 1 saturated heterocycles. The highest BCUT2D eigenvalue weighted by atomic mass is 16.5. The molecule has 0 saturated carbocycles. The van der Waals surface area contributed by atoms with Crippen molar-refractivity contribution in [1.82, 2.24) is 5.32 Å². The van der Waals surface area contributed by atoms with Gasteiger partial charge in [0.1, 0.15) is 11.5 Å². The summed E-state index contributed by atoms with van der Waals surface area (Å²) >= 11 is 0. The van der Waals surface area contributed by atoms with Crippen LogP contribution in [0.5, 0.6) is 11.5 Å². The van der Waals surface area contributed by atoms with Gasteiger partial charge in [-0.25, -0.2) is 0 Å².